The summed E-state index contributed by atoms with van der Waals surface area (Å²) in [6, 6.07) is 10.3. The van der Waals surface area contributed by atoms with Crippen LogP contribution in [0, 0.1) is 12.7 Å². The number of hydrogen-bond donors (Lipinski definition) is 0. The zero-order chi connectivity index (χ0) is 25.9. The number of fused-ring (bicyclic) bond motifs is 1. The number of amides is 1. The molecule has 4 heterocycles. The molecule has 1 aliphatic heterocycles. The molecular formula is C28H33FN6OS. The van der Waals surface area contributed by atoms with E-state index in [-0.39, 0.29) is 17.6 Å². The Morgan fingerprint density at radius 3 is 2.65 bits per heavy atom. The van der Waals surface area contributed by atoms with Gasteiger partial charge < -0.3 is 9.80 Å². The Balaban J connectivity index is 1.50. The minimum Gasteiger partial charge on any atom is -0.354 e. The van der Waals surface area contributed by atoms with Gasteiger partial charge in [-0.25, -0.2) is 19.0 Å². The molecule has 5 rings (SSSR count). The lowest BCUT2D eigenvalue weighted by Gasteiger charge is -2.24. The molecule has 1 aromatic carbocycles. The van der Waals surface area contributed by atoms with Crippen molar-refractivity contribution in [2.75, 3.05) is 31.1 Å². The number of halogens is 1. The summed E-state index contributed by atoms with van der Waals surface area (Å²) in [5.41, 5.74) is 2.33. The number of carbonyl (C=O) groups excluding carboxylic acids is 1. The Bertz CT molecular complexity index is 1370. The topological polar surface area (TPSA) is 67.2 Å². The lowest BCUT2D eigenvalue weighted by Crippen LogP contribution is -2.36. The van der Waals surface area contributed by atoms with Crippen LogP contribution in [0.5, 0.6) is 0 Å². The Labute approximate surface area is 220 Å². The zero-order valence-electron chi connectivity index (χ0n) is 21.7. The quantitative estimate of drug-likeness (QED) is 0.322. The van der Waals surface area contributed by atoms with Gasteiger partial charge in [0.25, 0.3) is 0 Å². The first-order valence-corrected chi connectivity index (χ1v) is 13.9. The average Bonchev–Trinajstić information content (AvgIpc) is 3.44. The van der Waals surface area contributed by atoms with Crippen LogP contribution < -0.4 is 4.90 Å². The summed E-state index contributed by atoms with van der Waals surface area (Å²) in [5.74, 6) is 1.76. The lowest BCUT2D eigenvalue weighted by molar-refractivity contribution is -0.130. The van der Waals surface area contributed by atoms with Crippen LogP contribution in [0.25, 0.3) is 16.7 Å². The van der Waals surface area contributed by atoms with Gasteiger partial charge in [-0.15, -0.1) is 11.3 Å². The highest BCUT2D eigenvalue weighted by Crippen LogP contribution is 2.32. The van der Waals surface area contributed by atoms with Crippen LogP contribution in [-0.4, -0.2) is 56.7 Å². The van der Waals surface area contributed by atoms with Gasteiger partial charge in [0.2, 0.25) is 5.91 Å². The fourth-order valence-corrected chi connectivity index (χ4v) is 5.70. The molecule has 0 spiro atoms. The van der Waals surface area contributed by atoms with E-state index in [0.717, 1.165) is 71.3 Å². The van der Waals surface area contributed by atoms with Crippen molar-refractivity contribution in [3.63, 3.8) is 0 Å². The highest BCUT2D eigenvalue weighted by molar-refractivity contribution is 7.10. The molecule has 1 unspecified atom stereocenters. The Morgan fingerprint density at radius 1 is 1.11 bits per heavy atom. The fraction of sp³-hybridized carbons (Fsp3) is 0.429. The molecule has 0 radical (unpaired) electrons. The second-order valence-electron chi connectivity index (χ2n) is 9.74. The molecule has 9 heteroatoms. The van der Waals surface area contributed by atoms with Crippen molar-refractivity contribution in [1.82, 2.24) is 24.6 Å². The lowest BCUT2D eigenvalue weighted by atomic mass is 10.1. The number of rotatable bonds is 7. The third-order valence-corrected chi connectivity index (χ3v) is 7.86. The molecule has 1 aliphatic rings. The first-order chi connectivity index (χ1) is 17.9. The number of benzene rings is 1. The summed E-state index contributed by atoms with van der Waals surface area (Å²) in [4.78, 5) is 28.4. The van der Waals surface area contributed by atoms with E-state index in [1.165, 1.54) is 12.1 Å². The van der Waals surface area contributed by atoms with E-state index in [2.05, 4.69) is 18.7 Å². The maximum atomic E-state index is 13.6. The summed E-state index contributed by atoms with van der Waals surface area (Å²) >= 11 is 1.63. The molecule has 1 fully saturated rings. The van der Waals surface area contributed by atoms with Gasteiger partial charge in [-0.1, -0.05) is 26.3 Å². The third kappa shape index (κ3) is 5.37. The molecule has 1 atom stereocenters. The van der Waals surface area contributed by atoms with Gasteiger partial charge in [0.1, 0.15) is 17.5 Å². The van der Waals surface area contributed by atoms with Crippen molar-refractivity contribution in [2.45, 2.75) is 52.4 Å². The second kappa shape index (κ2) is 11.0. The van der Waals surface area contributed by atoms with Crippen LogP contribution in [0.3, 0.4) is 0 Å². The summed E-state index contributed by atoms with van der Waals surface area (Å²) in [6.07, 6.45) is 3.35. The number of aromatic nitrogens is 4. The van der Waals surface area contributed by atoms with Gasteiger partial charge in [0, 0.05) is 37.0 Å². The zero-order valence-corrected chi connectivity index (χ0v) is 22.5. The molecule has 1 amide bonds. The molecule has 194 valence electrons. The Morgan fingerprint density at radius 2 is 1.92 bits per heavy atom. The van der Waals surface area contributed by atoms with Crippen molar-refractivity contribution in [2.24, 2.45) is 0 Å². The molecular weight excluding hydrogens is 487 g/mol. The molecule has 3 aromatic heterocycles. The van der Waals surface area contributed by atoms with Crippen molar-refractivity contribution >= 4 is 34.1 Å². The largest absolute Gasteiger partial charge is 0.354 e. The number of aryl methyl sites for hydroxylation is 1. The van der Waals surface area contributed by atoms with Crippen LogP contribution >= 0.6 is 11.3 Å². The van der Waals surface area contributed by atoms with Gasteiger partial charge in [-0.2, -0.15) is 5.10 Å². The summed E-state index contributed by atoms with van der Waals surface area (Å²) in [5, 5.41) is 7.73. The Hall–Kier alpha value is -3.33. The molecule has 7 nitrogen and oxygen atoms in total. The maximum absolute atomic E-state index is 13.6. The van der Waals surface area contributed by atoms with Gasteiger partial charge in [-0.3, -0.25) is 4.79 Å². The second-order valence-corrected chi connectivity index (χ2v) is 10.8. The first-order valence-electron chi connectivity index (χ1n) is 13.0. The molecule has 0 N–H and O–H groups in total. The number of hydrogen-bond acceptors (Lipinski definition) is 6. The molecule has 0 bridgehead atoms. The SMILES string of the molecule is CCCC(C)c1nc(N2CCCN(C(=O)Cc3cccs3)CC2)c2c(C)nn(-c3ccc(F)cc3)c2n1. The predicted octanol–water partition coefficient (Wildman–Crippen LogP) is 5.51. The monoisotopic (exact) mass is 520 g/mol. The summed E-state index contributed by atoms with van der Waals surface area (Å²) in [7, 11) is 0. The number of thiophene rings is 1. The molecule has 1 saturated heterocycles. The van der Waals surface area contributed by atoms with E-state index >= 15 is 0 Å². The minimum atomic E-state index is -0.285. The Kier molecular flexibility index (Phi) is 7.50. The van der Waals surface area contributed by atoms with Crippen molar-refractivity contribution in [1.29, 1.82) is 0 Å². The molecule has 0 aliphatic carbocycles. The summed E-state index contributed by atoms with van der Waals surface area (Å²) in [6.45, 7) is 9.19. The molecule has 37 heavy (non-hydrogen) atoms. The van der Waals surface area contributed by atoms with Crippen molar-refractivity contribution < 1.29 is 9.18 Å². The third-order valence-electron chi connectivity index (χ3n) is 6.99. The normalized spacial score (nSPS) is 15.2. The van der Waals surface area contributed by atoms with Crippen LogP contribution in [0.1, 0.15) is 55.4 Å². The van der Waals surface area contributed by atoms with Crippen LogP contribution in [-0.2, 0) is 11.2 Å². The fourth-order valence-electron chi connectivity index (χ4n) is 5.00. The highest BCUT2D eigenvalue weighted by Gasteiger charge is 2.26. The smallest absolute Gasteiger partial charge is 0.227 e. The number of anilines is 1. The first kappa shape index (κ1) is 25.3. The van der Waals surface area contributed by atoms with E-state index in [4.69, 9.17) is 15.1 Å². The van der Waals surface area contributed by atoms with E-state index in [1.54, 1.807) is 28.2 Å². The van der Waals surface area contributed by atoms with E-state index in [0.29, 0.717) is 19.5 Å². The molecule has 0 saturated carbocycles. The van der Waals surface area contributed by atoms with Crippen LogP contribution in [0.2, 0.25) is 0 Å². The summed E-state index contributed by atoms with van der Waals surface area (Å²) < 4.78 is 15.4. The molecule has 4 aromatic rings. The van der Waals surface area contributed by atoms with Crippen LogP contribution in [0.4, 0.5) is 10.2 Å². The van der Waals surface area contributed by atoms with Gasteiger partial charge in [-0.05, 0) is 55.5 Å². The highest BCUT2D eigenvalue weighted by atomic mass is 32.1. The van der Waals surface area contributed by atoms with Crippen molar-refractivity contribution in [3.05, 3.63) is 64.0 Å². The van der Waals surface area contributed by atoms with E-state index < -0.39 is 0 Å². The van der Waals surface area contributed by atoms with Crippen molar-refractivity contribution in [3.8, 4) is 5.69 Å². The maximum Gasteiger partial charge on any atom is 0.227 e. The average molecular weight is 521 g/mol. The number of carbonyl (C=O) groups is 1. The van der Waals surface area contributed by atoms with E-state index in [9.17, 15) is 9.18 Å². The number of nitrogens with zero attached hydrogens (tertiary/aromatic N) is 6. The van der Waals surface area contributed by atoms with Gasteiger partial charge >= 0.3 is 0 Å². The van der Waals surface area contributed by atoms with Gasteiger partial charge in [0.15, 0.2) is 5.65 Å². The van der Waals surface area contributed by atoms with Gasteiger partial charge in [0.05, 0.1) is 23.2 Å². The standard InChI is InChI=1S/C28H33FN6OS/c1-4-7-19(2)26-30-27(25-20(3)32-35(28(25)31-26)22-11-9-21(29)10-12-22)34-14-6-13-33(15-16-34)24(36)18-23-8-5-17-37-23/h5,8-12,17,19H,4,6-7,13-16,18H2,1-3H3. The minimum absolute atomic E-state index is 0.176. The predicted molar refractivity (Wildman–Crippen MR) is 146 cm³/mol. The van der Waals surface area contributed by atoms with Crippen LogP contribution in [0.15, 0.2) is 41.8 Å². The van der Waals surface area contributed by atoms with E-state index in [1.807, 2.05) is 29.3 Å².